The number of aliphatic imine (C=N–C) groups is 1. The Hall–Kier alpha value is -1.18. The van der Waals surface area contributed by atoms with Crippen molar-refractivity contribution in [3.63, 3.8) is 0 Å². The van der Waals surface area contributed by atoms with Crippen LogP contribution < -0.4 is 5.32 Å². The molecule has 0 amide bonds. The summed E-state index contributed by atoms with van der Waals surface area (Å²) in [6, 6.07) is 9.81. The first-order valence-corrected chi connectivity index (χ1v) is 6.27. The molecule has 5 heteroatoms. The van der Waals surface area contributed by atoms with Crippen molar-refractivity contribution in [3.8, 4) is 6.07 Å². The lowest BCUT2D eigenvalue weighted by Gasteiger charge is -2.13. The minimum absolute atomic E-state index is 0. The van der Waals surface area contributed by atoms with Crippen LogP contribution in [0.25, 0.3) is 0 Å². The van der Waals surface area contributed by atoms with Crippen LogP contribution in [0.5, 0.6) is 0 Å². The zero-order valence-corrected chi connectivity index (χ0v) is 11.0. The molecule has 1 aromatic rings. The van der Waals surface area contributed by atoms with Crippen LogP contribution in [-0.2, 0) is 5.75 Å². The Labute approximate surface area is 112 Å². The van der Waals surface area contributed by atoms with Crippen LogP contribution >= 0.6 is 24.2 Å². The molecule has 0 spiro atoms. The number of halogens is 1. The van der Waals surface area contributed by atoms with Crippen LogP contribution in [0.3, 0.4) is 0 Å². The average molecular weight is 268 g/mol. The number of nitrogens with one attached hydrogen (secondary N) is 1. The van der Waals surface area contributed by atoms with Crippen molar-refractivity contribution >= 4 is 29.3 Å². The van der Waals surface area contributed by atoms with E-state index in [1.807, 2.05) is 24.3 Å². The van der Waals surface area contributed by atoms with E-state index in [0.717, 1.165) is 30.4 Å². The molecule has 17 heavy (non-hydrogen) atoms. The molecule has 1 aliphatic heterocycles. The number of hydrogen-bond donors (Lipinski definition) is 1. The van der Waals surface area contributed by atoms with Crippen molar-refractivity contribution in [1.29, 1.82) is 5.26 Å². The minimum atomic E-state index is 0. The Morgan fingerprint density at radius 3 is 2.71 bits per heavy atom. The van der Waals surface area contributed by atoms with Gasteiger partial charge in [-0.1, -0.05) is 23.9 Å². The number of hydrogen-bond acceptors (Lipinski definition) is 4. The predicted octanol–water partition coefficient (Wildman–Crippen LogP) is 2.56. The van der Waals surface area contributed by atoms with Gasteiger partial charge in [0.15, 0.2) is 5.17 Å². The van der Waals surface area contributed by atoms with Crippen LogP contribution in [0.1, 0.15) is 17.5 Å². The molecule has 0 saturated heterocycles. The minimum Gasteiger partial charge on any atom is -0.365 e. The first-order chi connectivity index (χ1) is 7.88. The van der Waals surface area contributed by atoms with Crippen molar-refractivity contribution < 1.29 is 0 Å². The van der Waals surface area contributed by atoms with Crippen LogP contribution in [0, 0.1) is 11.3 Å². The van der Waals surface area contributed by atoms with E-state index in [-0.39, 0.29) is 12.4 Å². The normalized spacial score (nSPS) is 13.9. The molecule has 1 N–H and O–H groups in total. The molecule has 1 aromatic carbocycles. The van der Waals surface area contributed by atoms with Gasteiger partial charge in [0.05, 0.1) is 11.6 Å². The molecule has 0 atom stereocenters. The topological polar surface area (TPSA) is 48.2 Å². The lowest BCUT2D eigenvalue weighted by Crippen LogP contribution is -2.26. The van der Waals surface area contributed by atoms with Gasteiger partial charge in [0.25, 0.3) is 0 Å². The molecule has 0 fully saturated rings. The van der Waals surface area contributed by atoms with E-state index in [0.29, 0.717) is 5.56 Å². The third kappa shape index (κ3) is 4.29. The molecule has 90 valence electrons. The molecule has 0 aliphatic carbocycles. The SMILES string of the molecule is Cl.N#Cc1ccc(CSC2=NCCCN2)cc1. The van der Waals surface area contributed by atoms with Gasteiger partial charge in [0.2, 0.25) is 0 Å². The smallest absolute Gasteiger partial charge is 0.156 e. The van der Waals surface area contributed by atoms with Gasteiger partial charge in [-0.05, 0) is 24.1 Å². The number of nitrogens with zero attached hydrogens (tertiary/aromatic N) is 2. The molecule has 1 heterocycles. The number of nitriles is 1. The van der Waals surface area contributed by atoms with E-state index in [4.69, 9.17) is 5.26 Å². The van der Waals surface area contributed by atoms with Crippen molar-refractivity contribution in [1.82, 2.24) is 5.32 Å². The Morgan fingerprint density at radius 1 is 1.35 bits per heavy atom. The Morgan fingerprint density at radius 2 is 2.12 bits per heavy atom. The second-order valence-electron chi connectivity index (χ2n) is 3.56. The zero-order chi connectivity index (χ0) is 11.2. The van der Waals surface area contributed by atoms with Crippen LogP contribution in [0.4, 0.5) is 0 Å². The maximum Gasteiger partial charge on any atom is 0.156 e. The second kappa shape index (κ2) is 7.21. The second-order valence-corrected chi connectivity index (χ2v) is 4.53. The van der Waals surface area contributed by atoms with Crippen molar-refractivity contribution in [2.75, 3.05) is 13.1 Å². The third-order valence-electron chi connectivity index (χ3n) is 2.33. The fourth-order valence-electron chi connectivity index (χ4n) is 1.43. The van der Waals surface area contributed by atoms with Gasteiger partial charge in [0.1, 0.15) is 0 Å². The van der Waals surface area contributed by atoms with E-state index in [1.165, 1.54) is 5.56 Å². The van der Waals surface area contributed by atoms with Gasteiger partial charge in [-0.15, -0.1) is 12.4 Å². The van der Waals surface area contributed by atoms with E-state index >= 15 is 0 Å². The van der Waals surface area contributed by atoms with Crippen molar-refractivity contribution in [2.24, 2.45) is 4.99 Å². The predicted molar refractivity (Wildman–Crippen MR) is 74.6 cm³/mol. The van der Waals surface area contributed by atoms with Gasteiger partial charge < -0.3 is 5.32 Å². The molecular weight excluding hydrogens is 254 g/mol. The highest BCUT2D eigenvalue weighted by atomic mass is 35.5. The maximum atomic E-state index is 8.68. The van der Waals surface area contributed by atoms with Gasteiger partial charge in [-0.3, -0.25) is 4.99 Å². The first kappa shape index (κ1) is 13.9. The zero-order valence-electron chi connectivity index (χ0n) is 9.35. The van der Waals surface area contributed by atoms with Gasteiger partial charge in [0, 0.05) is 18.8 Å². The average Bonchev–Trinajstić information content (AvgIpc) is 2.38. The van der Waals surface area contributed by atoms with Crippen molar-refractivity contribution in [3.05, 3.63) is 35.4 Å². The molecule has 1 aliphatic rings. The molecule has 0 saturated carbocycles. The van der Waals surface area contributed by atoms with E-state index in [1.54, 1.807) is 11.8 Å². The maximum absolute atomic E-state index is 8.68. The summed E-state index contributed by atoms with van der Waals surface area (Å²) in [4.78, 5) is 4.39. The largest absolute Gasteiger partial charge is 0.365 e. The molecular formula is C12H14ClN3S. The number of thioether (sulfide) groups is 1. The summed E-state index contributed by atoms with van der Waals surface area (Å²) in [6.07, 6.45) is 1.13. The summed E-state index contributed by atoms with van der Waals surface area (Å²) in [5.74, 6) is 0.900. The van der Waals surface area contributed by atoms with Crippen LogP contribution in [-0.4, -0.2) is 18.3 Å². The summed E-state index contributed by atoms with van der Waals surface area (Å²) in [5.41, 5.74) is 1.93. The fraction of sp³-hybridized carbons (Fsp3) is 0.333. The summed E-state index contributed by atoms with van der Waals surface area (Å²) in [5, 5.41) is 13.0. The molecule has 2 rings (SSSR count). The van der Waals surface area contributed by atoms with E-state index in [9.17, 15) is 0 Å². The van der Waals surface area contributed by atoms with E-state index < -0.39 is 0 Å². The summed E-state index contributed by atoms with van der Waals surface area (Å²) in [7, 11) is 0. The van der Waals surface area contributed by atoms with Gasteiger partial charge in [-0.2, -0.15) is 5.26 Å². The molecule has 0 aromatic heterocycles. The molecule has 3 nitrogen and oxygen atoms in total. The lowest BCUT2D eigenvalue weighted by molar-refractivity contribution is 0.751. The molecule has 0 bridgehead atoms. The van der Waals surface area contributed by atoms with Crippen molar-refractivity contribution in [2.45, 2.75) is 12.2 Å². The summed E-state index contributed by atoms with van der Waals surface area (Å²) < 4.78 is 0. The Balaban J connectivity index is 0.00000144. The highest BCUT2D eigenvalue weighted by Gasteiger charge is 2.04. The number of rotatable bonds is 2. The first-order valence-electron chi connectivity index (χ1n) is 5.28. The highest BCUT2D eigenvalue weighted by Crippen LogP contribution is 2.14. The summed E-state index contributed by atoms with van der Waals surface area (Å²) in [6.45, 7) is 1.96. The quantitative estimate of drug-likeness (QED) is 0.896. The Kier molecular flexibility index (Phi) is 5.88. The Bertz CT molecular complexity index is 422. The fourth-order valence-corrected chi connectivity index (χ4v) is 2.32. The highest BCUT2D eigenvalue weighted by molar-refractivity contribution is 8.13. The number of benzene rings is 1. The lowest BCUT2D eigenvalue weighted by atomic mass is 10.2. The van der Waals surface area contributed by atoms with Gasteiger partial charge >= 0.3 is 0 Å². The van der Waals surface area contributed by atoms with E-state index in [2.05, 4.69) is 16.4 Å². The standard InChI is InChI=1S/C12H13N3S.ClH/c13-8-10-2-4-11(5-3-10)9-16-12-14-6-1-7-15-12;/h2-5H,1,6-7,9H2,(H,14,15);1H. The summed E-state index contributed by atoms with van der Waals surface area (Å²) >= 11 is 1.72. The third-order valence-corrected chi connectivity index (χ3v) is 3.35. The number of amidine groups is 1. The monoisotopic (exact) mass is 267 g/mol. The molecule has 0 radical (unpaired) electrons. The van der Waals surface area contributed by atoms with Crippen LogP contribution in [0.2, 0.25) is 0 Å². The van der Waals surface area contributed by atoms with Crippen LogP contribution in [0.15, 0.2) is 29.3 Å². The van der Waals surface area contributed by atoms with Gasteiger partial charge in [-0.25, -0.2) is 0 Å². The molecule has 0 unspecified atom stereocenters.